The predicted octanol–water partition coefficient (Wildman–Crippen LogP) is 14.5. The van der Waals surface area contributed by atoms with Crippen LogP contribution in [0, 0.1) is 0 Å². The Morgan fingerprint density at radius 1 is 0.404 bits per heavy atom. The lowest BCUT2D eigenvalue weighted by Crippen LogP contribution is -2.09. The standard InChI is InChI=1S/C48H32N2OS/c1-3-15-37(16-4-1)50(38-17-5-2-6-18-38)39-19-10-13-33(29-39)34-25-27-46-43(30-34)41-26-24-35(31-47(41)52-46)32-12-9-14-36(28-32)49-44-22-11-21-42-40-20-7-8-23-45(40)51-48(42)44/h1-31,49H. The largest absolute Gasteiger partial charge is 0.454 e. The summed E-state index contributed by atoms with van der Waals surface area (Å²) in [5.41, 5.74) is 11.9. The molecule has 1 N–H and O–H groups in total. The van der Waals surface area contributed by atoms with Crippen LogP contribution in [0.3, 0.4) is 0 Å². The SMILES string of the molecule is c1ccc(N(c2ccccc2)c2cccc(-c3ccc4sc5cc(-c6cccc(Nc7cccc8c7oc7ccccc78)c6)ccc5c4c3)c2)cc1. The Kier molecular flexibility index (Phi) is 7.33. The number of thiophene rings is 1. The molecule has 0 unspecified atom stereocenters. The second kappa shape index (κ2) is 12.6. The normalized spacial score (nSPS) is 11.5. The molecule has 0 aliphatic heterocycles. The zero-order valence-electron chi connectivity index (χ0n) is 28.2. The van der Waals surface area contributed by atoms with Crippen LogP contribution in [0.15, 0.2) is 192 Å². The van der Waals surface area contributed by atoms with Crippen LogP contribution in [0.1, 0.15) is 0 Å². The van der Waals surface area contributed by atoms with Crippen molar-refractivity contribution in [3.05, 3.63) is 188 Å². The highest BCUT2D eigenvalue weighted by Crippen LogP contribution is 2.41. The van der Waals surface area contributed by atoms with Crippen molar-refractivity contribution >= 4 is 81.9 Å². The van der Waals surface area contributed by atoms with Crippen LogP contribution in [-0.2, 0) is 0 Å². The van der Waals surface area contributed by atoms with Gasteiger partial charge >= 0.3 is 0 Å². The predicted molar refractivity (Wildman–Crippen MR) is 222 cm³/mol. The highest BCUT2D eigenvalue weighted by Gasteiger charge is 2.15. The maximum Gasteiger partial charge on any atom is 0.158 e. The van der Waals surface area contributed by atoms with E-state index in [2.05, 4.69) is 186 Å². The fourth-order valence-electron chi connectivity index (χ4n) is 7.34. The molecule has 2 heterocycles. The Labute approximate surface area is 305 Å². The van der Waals surface area contributed by atoms with Crippen LogP contribution < -0.4 is 10.2 Å². The molecule has 8 aromatic carbocycles. The Hall–Kier alpha value is -6.62. The molecule has 0 saturated heterocycles. The van der Waals surface area contributed by atoms with Crippen molar-refractivity contribution in [1.82, 2.24) is 0 Å². The summed E-state index contributed by atoms with van der Waals surface area (Å²) in [5, 5.41) is 8.44. The lowest BCUT2D eigenvalue weighted by Gasteiger charge is -2.25. The molecule has 3 nitrogen and oxygen atoms in total. The van der Waals surface area contributed by atoms with E-state index in [1.165, 1.54) is 42.4 Å². The van der Waals surface area contributed by atoms with Crippen molar-refractivity contribution in [3.63, 3.8) is 0 Å². The number of rotatable bonds is 7. The van der Waals surface area contributed by atoms with Crippen LogP contribution in [0.5, 0.6) is 0 Å². The Morgan fingerprint density at radius 3 is 1.87 bits per heavy atom. The number of fused-ring (bicyclic) bond motifs is 6. The van der Waals surface area contributed by atoms with Gasteiger partial charge in [0.1, 0.15) is 5.58 Å². The second-order valence-corrected chi connectivity index (χ2v) is 14.2. The number of benzene rings is 8. The molecule has 246 valence electrons. The van der Waals surface area contributed by atoms with E-state index < -0.39 is 0 Å². The average Bonchev–Trinajstić information content (AvgIpc) is 3.77. The Morgan fingerprint density at radius 2 is 1.04 bits per heavy atom. The summed E-state index contributed by atoms with van der Waals surface area (Å²) in [5.74, 6) is 0. The van der Waals surface area contributed by atoms with Crippen molar-refractivity contribution in [3.8, 4) is 22.3 Å². The van der Waals surface area contributed by atoms with Crippen LogP contribution in [0.25, 0.3) is 64.4 Å². The summed E-state index contributed by atoms with van der Waals surface area (Å²) in [6.07, 6.45) is 0. The minimum absolute atomic E-state index is 0.872. The Bertz CT molecular complexity index is 2850. The lowest BCUT2D eigenvalue weighted by molar-refractivity contribution is 0.670. The summed E-state index contributed by atoms with van der Waals surface area (Å²) < 4.78 is 8.84. The monoisotopic (exact) mass is 684 g/mol. The molecule has 10 aromatic rings. The highest BCUT2D eigenvalue weighted by molar-refractivity contribution is 7.25. The number of para-hydroxylation sites is 4. The van der Waals surface area contributed by atoms with Crippen molar-refractivity contribution < 1.29 is 4.42 Å². The van der Waals surface area contributed by atoms with Gasteiger partial charge in [-0.2, -0.15) is 0 Å². The van der Waals surface area contributed by atoms with Gasteiger partial charge in [-0.05, 0) is 101 Å². The zero-order chi connectivity index (χ0) is 34.4. The first-order valence-corrected chi connectivity index (χ1v) is 18.3. The summed E-state index contributed by atoms with van der Waals surface area (Å²) in [7, 11) is 0. The van der Waals surface area contributed by atoms with Crippen LogP contribution in [0.4, 0.5) is 28.4 Å². The number of nitrogens with zero attached hydrogens (tertiary/aromatic N) is 1. The van der Waals surface area contributed by atoms with E-state index in [4.69, 9.17) is 4.42 Å². The van der Waals surface area contributed by atoms with Crippen molar-refractivity contribution in [2.24, 2.45) is 0 Å². The first-order valence-electron chi connectivity index (χ1n) is 17.5. The number of hydrogen-bond acceptors (Lipinski definition) is 4. The summed E-state index contributed by atoms with van der Waals surface area (Å²) in [6, 6.07) is 66.8. The summed E-state index contributed by atoms with van der Waals surface area (Å²) in [6.45, 7) is 0. The minimum atomic E-state index is 0.872. The number of nitrogens with one attached hydrogen (secondary N) is 1. The maximum atomic E-state index is 6.27. The molecule has 0 saturated carbocycles. The first kappa shape index (κ1) is 30.2. The molecule has 0 aliphatic rings. The molecule has 0 fully saturated rings. The van der Waals surface area contributed by atoms with Crippen molar-refractivity contribution in [1.29, 1.82) is 0 Å². The molecule has 0 amide bonds. The average molecular weight is 685 g/mol. The Balaban J connectivity index is 0.974. The number of furan rings is 1. The number of anilines is 5. The second-order valence-electron chi connectivity index (χ2n) is 13.1. The molecular formula is C48H32N2OS. The molecule has 0 bridgehead atoms. The molecular weight excluding hydrogens is 653 g/mol. The summed E-state index contributed by atoms with van der Waals surface area (Å²) >= 11 is 1.85. The van der Waals surface area contributed by atoms with Gasteiger partial charge in [0.25, 0.3) is 0 Å². The smallest absolute Gasteiger partial charge is 0.158 e. The van der Waals surface area contributed by atoms with Gasteiger partial charge in [0, 0.05) is 53.7 Å². The van der Waals surface area contributed by atoms with Gasteiger partial charge < -0.3 is 14.6 Å². The van der Waals surface area contributed by atoms with Crippen LogP contribution in [0.2, 0.25) is 0 Å². The number of hydrogen-bond donors (Lipinski definition) is 1. The van der Waals surface area contributed by atoms with Gasteiger partial charge in [-0.1, -0.05) is 109 Å². The zero-order valence-corrected chi connectivity index (χ0v) is 29.0. The van der Waals surface area contributed by atoms with Gasteiger partial charge in [-0.25, -0.2) is 0 Å². The lowest BCUT2D eigenvalue weighted by atomic mass is 10.00. The maximum absolute atomic E-state index is 6.27. The van der Waals surface area contributed by atoms with Crippen LogP contribution in [-0.4, -0.2) is 0 Å². The molecule has 0 radical (unpaired) electrons. The topological polar surface area (TPSA) is 28.4 Å². The van der Waals surface area contributed by atoms with E-state index in [-0.39, 0.29) is 0 Å². The van der Waals surface area contributed by atoms with Gasteiger partial charge in [0.05, 0.1) is 5.69 Å². The van der Waals surface area contributed by atoms with Crippen LogP contribution >= 0.6 is 11.3 Å². The third-order valence-corrected chi connectivity index (χ3v) is 11.0. The molecule has 2 aromatic heterocycles. The van der Waals surface area contributed by atoms with E-state index in [0.717, 1.165) is 50.4 Å². The first-order chi connectivity index (χ1) is 25.7. The van der Waals surface area contributed by atoms with E-state index in [1.807, 2.05) is 23.5 Å². The molecule has 0 aliphatic carbocycles. The fraction of sp³-hybridized carbons (Fsp3) is 0. The van der Waals surface area contributed by atoms with E-state index >= 15 is 0 Å². The third-order valence-electron chi connectivity index (χ3n) is 9.82. The van der Waals surface area contributed by atoms with Crippen molar-refractivity contribution in [2.45, 2.75) is 0 Å². The summed E-state index contributed by atoms with van der Waals surface area (Å²) in [4.78, 5) is 2.31. The van der Waals surface area contributed by atoms with Gasteiger partial charge in [-0.15, -0.1) is 11.3 Å². The fourth-order valence-corrected chi connectivity index (χ4v) is 8.47. The third kappa shape index (κ3) is 5.38. The molecule has 4 heteroatoms. The van der Waals surface area contributed by atoms with E-state index in [9.17, 15) is 0 Å². The molecule has 52 heavy (non-hydrogen) atoms. The van der Waals surface area contributed by atoms with E-state index in [1.54, 1.807) is 0 Å². The quantitative estimate of drug-likeness (QED) is 0.181. The minimum Gasteiger partial charge on any atom is -0.454 e. The molecule has 0 atom stereocenters. The van der Waals surface area contributed by atoms with Gasteiger partial charge in [-0.3, -0.25) is 0 Å². The van der Waals surface area contributed by atoms with Gasteiger partial charge in [0.2, 0.25) is 0 Å². The van der Waals surface area contributed by atoms with E-state index in [0.29, 0.717) is 0 Å². The molecule has 10 rings (SSSR count). The van der Waals surface area contributed by atoms with Crippen molar-refractivity contribution in [2.75, 3.05) is 10.2 Å². The van der Waals surface area contributed by atoms with Gasteiger partial charge in [0.15, 0.2) is 5.58 Å². The molecule has 0 spiro atoms. The highest BCUT2D eigenvalue weighted by atomic mass is 32.1.